The summed E-state index contributed by atoms with van der Waals surface area (Å²) in [6.45, 7) is 4.32. The van der Waals surface area contributed by atoms with Crippen molar-refractivity contribution in [3.63, 3.8) is 0 Å². The monoisotopic (exact) mass is 247 g/mol. The van der Waals surface area contributed by atoms with Crippen LogP contribution in [0.25, 0.3) is 0 Å². The lowest BCUT2D eigenvalue weighted by Crippen LogP contribution is -2.50. The minimum Gasteiger partial charge on any atom is -0.315 e. The van der Waals surface area contributed by atoms with Crippen LogP contribution < -0.4 is 5.32 Å². The van der Waals surface area contributed by atoms with E-state index in [1.54, 1.807) is 0 Å². The smallest absolute Gasteiger partial charge is 0.0544 e. The van der Waals surface area contributed by atoms with E-state index in [0.717, 1.165) is 13.1 Å². The Morgan fingerprint density at radius 3 is 2.83 bits per heavy atom. The maximum Gasteiger partial charge on any atom is 0.0544 e. The van der Waals surface area contributed by atoms with E-state index in [2.05, 4.69) is 41.3 Å². The molecule has 1 heterocycles. The average molecular weight is 247 g/mol. The Morgan fingerprint density at radius 1 is 1.33 bits per heavy atom. The van der Waals surface area contributed by atoms with Crippen molar-refractivity contribution in [2.24, 2.45) is 0 Å². The second kappa shape index (κ2) is 6.86. The van der Waals surface area contributed by atoms with Gasteiger partial charge in [-0.3, -0.25) is 9.88 Å². The summed E-state index contributed by atoms with van der Waals surface area (Å²) in [6, 6.07) is 7.49. The van der Waals surface area contributed by atoms with Crippen molar-refractivity contribution in [3.05, 3.63) is 30.1 Å². The first-order chi connectivity index (χ1) is 8.85. The summed E-state index contributed by atoms with van der Waals surface area (Å²) in [4.78, 5) is 7.02. The molecular weight excluding hydrogens is 222 g/mol. The Labute approximate surface area is 111 Å². The maximum absolute atomic E-state index is 4.45. The van der Waals surface area contributed by atoms with E-state index < -0.39 is 0 Å². The number of hydrogen-bond acceptors (Lipinski definition) is 3. The van der Waals surface area contributed by atoms with Crippen LogP contribution in [0.2, 0.25) is 0 Å². The molecule has 0 bridgehead atoms. The normalized spacial score (nSPS) is 24.4. The number of rotatable bonds is 5. The van der Waals surface area contributed by atoms with E-state index in [1.165, 1.54) is 31.4 Å². The summed E-state index contributed by atoms with van der Waals surface area (Å²) in [7, 11) is 2.09. The third-order valence-electron chi connectivity index (χ3n) is 4.07. The Bertz CT molecular complexity index is 339. The number of likely N-dealkylation sites (N-methyl/N-ethyl adjacent to an activating group) is 2. The highest BCUT2D eigenvalue weighted by Crippen LogP contribution is 2.24. The van der Waals surface area contributed by atoms with Crippen LogP contribution in [0.15, 0.2) is 24.4 Å². The Hall–Kier alpha value is -0.930. The second-order valence-electron chi connectivity index (χ2n) is 5.13. The highest BCUT2D eigenvalue weighted by Gasteiger charge is 2.28. The first-order valence-electron chi connectivity index (χ1n) is 7.16. The third-order valence-corrected chi connectivity index (χ3v) is 4.07. The zero-order valence-corrected chi connectivity index (χ0v) is 11.6. The van der Waals surface area contributed by atoms with Gasteiger partial charge in [-0.2, -0.15) is 0 Å². The summed E-state index contributed by atoms with van der Waals surface area (Å²) < 4.78 is 0. The molecule has 1 saturated carbocycles. The summed E-state index contributed by atoms with van der Waals surface area (Å²) in [5.74, 6) is 0. The number of pyridine rings is 1. The molecule has 2 rings (SSSR count). The molecule has 0 spiro atoms. The van der Waals surface area contributed by atoms with Gasteiger partial charge in [-0.1, -0.05) is 25.8 Å². The quantitative estimate of drug-likeness (QED) is 0.866. The summed E-state index contributed by atoms with van der Waals surface area (Å²) in [5.41, 5.74) is 1.18. The van der Waals surface area contributed by atoms with Crippen LogP contribution in [0.5, 0.6) is 0 Å². The Balaban J connectivity index is 2.03. The van der Waals surface area contributed by atoms with Crippen molar-refractivity contribution in [3.8, 4) is 0 Å². The summed E-state index contributed by atoms with van der Waals surface area (Å²) in [5, 5.41) is 3.49. The van der Waals surface area contributed by atoms with Gasteiger partial charge in [0, 0.05) is 24.8 Å². The molecule has 3 heteroatoms. The van der Waals surface area contributed by atoms with Crippen molar-refractivity contribution in [1.29, 1.82) is 0 Å². The zero-order chi connectivity index (χ0) is 12.8. The molecule has 1 fully saturated rings. The highest BCUT2D eigenvalue weighted by atomic mass is 15.2. The molecule has 1 aromatic rings. The molecule has 3 nitrogen and oxygen atoms in total. The second-order valence-corrected chi connectivity index (χ2v) is 5.13. The largest absolute Gasteiger partial charge is 0.315 e. The van der Waals surface area contributed by atoms with Gasteiger partial charge < -0.3 is 5.32 Å². The van der Waals surface area contributed by atoms with Gasteiger partial charge in [0.15, 0.2) is 0 Å². The maximum atomic E-state index is 4.45. The van der Waals surface area contributed by atoms with E-state index in [-0.39, 0.29) is 0 Å². The minimum absolute atomic E-state index is 0.641. The van der Waals surface area contributed by atoms with Crippen molar-refractivity contribution in [2.45, 2.75) is 51.2 Å². The van der Waals surface area contributed by atoms with Gasteiger partial charge in [0.25, 0.3) is 0 Å². The van der Waals surface area contributed by atoms with Crippen LogP contribution in [0, 0.1) is 0 Å². The van der Waals surface area contributed by atoms with E-state index in [0.29, 0.717) is 12.1 Å². The molecule has 0 radical (unpaired) electrons. The summed E-state index contributed by atoms with van der Waals surface area (Å²) >= 11 is 0. The number of aromatic nitrogens is 1. The first kappa shape index (κ1) is 13.5. The van der Waals surface area contributed by atoms with Crippen molar-refractivity contribution in [2.75, 3.05) is 13.6 Å². The standard InChI is InChI=1S/C15H25N3/c1-3-18(12-13-8-6-7-11-17-13)15-10-5-4-9-14(15)16-2/h6-8,11,14-16H,3-5,9-10,12H2,1-2H3. The molecule has 1 aliphatic rings. The van der Waals surface area contributed by atoms with E-state index >= 15 is 0 Å². The van der Waals surface area contributed by atoms with Crippen LogP contribution in [-0.4, -0.2) is 35.6 Å². The van der Waals surface area contributed by atoms with Crippen molar-refractivity contribution < 1.29 is 0 Å². The molecule has 2 atom stereocenters. The van der Waals surface area contributed by atoms with E-state index in [9.17, 15) is 0 Å². The minimum atomic E-state index is 0.641. The average Bonchev–Trinajstić information content (AvgIpc) is 2.46. The van der Waals surface area contributed by atoms with Gasteiger partial charge in [0.1, 0.15) is 0 Å². The molecule has 100 valence electrons. The van der Waals surface area contributed by atoms with Crippen LogP contribution in [0.1, 0.15) is 38.3 Å². The van der Waals surface area contributed by atoms with Gasteiger partial charge in [-0.15, -0.1) is 0 Å². The molecule has 0 amide bonds. The number of nitrogens with one attached hydrogen (secondary N) is 1. The lowest BCUT2D eigenvalue weighted by molar-refractivity contribution is 0.122. The molecule has 0 aromatic carbocycles. The topological polar surface area (TPSA) is 28.2 Å². The molecule has 1 aromatic heterocycles. The lowest BCUT2D eigenvalue weighted by atomic mass is 9.89. The molecule has 0 aliphatic heterocycles. The van der Waals surface area contributed by atoms with Gasteiger partial charge in [-0.05, 0) is 38.6 Å². The molecule has 18 heavy (non-hydrogen) atoms. The highest BCUT2D eigenvalue weighted by molar-refractivity contribution is 5.04. The number of nitrogens with zero attached hydrogens (tertiary/aromatic N) is 2. The molecule has 0 saturated heterocycles. The zero-order valence-electron chi connectivity index (χ0n) is 11.6. The fourth-order valence-electron chi connectivity index (χ4n) is 3.05. The fourth-order valence-corrected chi connectivity index (χ4v) is 3.05. The van der Waals surface area contributed by atoms with E-state index in [1.807, 2.05) is 12.3 Å². The Morgan fingerprint density at radius 2 is 2.17 bits per heavy atom. The fraction of sp³-hybridized carbons (Fsp3) is 0.667. The van der Waals surface area contributed by atoms with Gasteiger partial charge in [0.05, 0.1) is 5.69 Å². The molecule has 1 N–H and O–H groups in total. The van der Waals surface area contributed by atoms with E-state index in [4.69, 9.17) is 0 Å². The number of hydrogen-bond donors (Lipinski definition) is 1. The molecule has 1 aliphatic carbocycles. The van der Waals surface area contributed by atoms with Gasteiger partial charge >= 0.3 is 0 Å². The van der Waals surface area contributed by atoms with Crippen LogP contribution in [-0.2, 0) is 6.54 Å². The van der Waals surface area contributed by atoms with Crippen LogP contribution in [0.3, 0.4) is 0 Å². The van der Waals surface area contributed by atoms with Crippen LogP contribution in [0.4, 0.5) is 0 Å². The van der Waals surface area contributed by atoms with Crippen molar-refractivity contribution in [1.82, 2.24) is 15.2 Å². The SMILES string of the molecule is CCN(Cc1ccccn1)C1CCCCC1NC. The molecule has 2 unspecified atom stereocenters. The molecular formula is C15H25N3. The predicted molar refractivity (Wildman–Crippen MR) is 75.4 cm³/mol. The third kappa shape index (κ3) is 3.30. The lowest BCUT2D eigenvalue weighted by Gasteiger charge is -2.39. The van der Waals surface area contributed by atoms with Gasteiger partial charge in [0.2, 0.25) is 0 Å². The predicted octanol–water partition coefficient (Wildman–Crippen LogP) is 2.43. The van der Waals surface area contributed by atoms with Crippen LogP contribution >= 0.6 is 0 Å². The Kier molecular flexibility index (Phi) is 5.14. The summed E-state index contributed by atoms with van der Waals surface area (Å²) in [6.07, 6.45) is 7.23. The van der Waals surface area contributed by atoms with Crippen molar-refractivity contribution >= 4 is 0 Å². The first-order valence-corrected chi connectivity index (χ1v) is 7.16. The van der Waals surface area contributed by atoms with Gasteiger partial charge in [-0.25, -0.2) is 0 Å².